The highest BCUT2D eigenvalue weighted by atomic mass is 16.5. The molecule has 2 saturated heterocycles. The normalized spacial score (nSPS) is 20.8. The van der Waals surface area contributed by atoms with Crippen LogP contribution in [0.1, 0.15) is 12.8 Å². The van der Waals surface area contributed by atoms with Crippen LogP contribution in [0.4, 0.5) is 0 Å². The van der Waals surface area contributed by atoms with E-state index in [2.05, 4.69) is 4.90 Å². The molecule has 0 spiro atoms. The van der Waals surface area contributed by atoms with Gasteiger partial charge in [-0.3, -0.25) is 9.69 Å². The molecule has 106 valence electrons. The fourth-order valence-corrected chi connectivity index (χ4v) is 2.10. The lowest BCUT2D eigenvalue weighted by atomic mass is 10.4. The number of amides is 1. The minimum Gasteiger partial charge on any atom is -0.379 e. The molecule has 4 N–H and O–H groups in total. The Morgan fingerprint density at radius 1 is 1.06 bits per heavy atom. The summed E-state index contributed by atoms with van der Waals surface area (Å²) in [5, 5.41) is 0. The Bertz CT molecular complexity index is 229. The number of carbonyl (C=O) groups is 1. The Kier molecular flexibility index (Phi) is 7.91. The van der Waals surface area contributed by atoms with Crippen LogP contribution in [0.5, 0.6) is 0 Å². The summed E-state index contributed by atoms with van der Waals surface area (Å²) in [5.74, 6) is 0.264. The average molecular weight is 258 g/mol. The second-order valence-corrected chi connectivity index (χ2v) is 4.52. The monoisotopic (exact) mass is 258 g/mol. The van der Waals surface area contributed by atoms with Crippen molar-refractivity contribution in [3.8, 4) is 0 Å². The maximum absolute atomic E-state index is 10.8. The van der Waals surface area contributed by atoms with Crippen LogP contribution in [-0.4, -0.2) is 74.7 Å². The Balaban J connectivity index is 0.000000180. The Morgan fingerprint density at radius 2 is 1.72 bits per heavy atom. The van der Waals surface area contributed by atoms with Gasteiger partial charge in [0.05, 0.1) is 13.2 Å². The van der Waals surface area contributed by atoms with Crippen molar-refractivity contribution in [2.45, 2.75) is 12.8 Å². The molecule has 6 nitrogen and oxygen atoms in total. The number of carbonyl (C=O) groups excluding carboxylic acids is 1. The molecule has 0 saturated carbocycles. The molecule has 0 radical (unpaired) electrons. The van der Waals surface area contributed by atoms with Gasteiger partial charge in [-0.25, -0.2) is 0 Å². The van der Waals surface area contributed by atoms with E-state index in [0.717, 1.165) is 65.3 Å². The van der Waals surface area contributed by atoms with Crippen molar-refractivity contribution in [3.63, 3.8) is 0 Å². The number of hydrogen-bond donors (Lipinski definition) is 2. The maximum Gasteiger partial charge on any atom is 0.222 e. The van der Waals surface area contributed by atoms with E-state index < -0.39 is 0 Å². The van der Waals surface area contributed by atoms with E-state index in [-0.39, 0.29) is 5.91 Å². The van der Waals surface area contributed by atoms with Gasteiger partial charge in [0.2, 0.25) is 5.91 Å². The van der Waals surface area contributed by atoms with Crippen molar-refractivity contribution in [2.75, 3.05) is 59.0 Å². The van der Waals surface area contributed by atoms with Crippen LogP contribution in [0.2, 0.25) is 0 Å². The van der Waals surface area contributed by atoms with Crippen LogP contribution in [0, 0.1) is 0 Å². The molecule has 6 heteroatoms. The van der Waals surface area contributed by atoms with Crippen molar-refractivity contribution in [1.82, 2.24) is 9.80 Å². The molecular formula is C12H26N4O2. The van der Waals surface area contributed by atoms with Crippen molar-refractivity contribution < 1.29 is 9.53 Å². The van der Waals surface area contributed by atoms with Gasteiger partial charge in [-0.05, 0) is 6.42 Å². The maximum atomic E-state index is 10.8. The van der Waals surface area contributed by atoms with Crippen LogP contribution >= 0.6 is 0 Å². The molecule has 0 bridgehead atoms. The van der Waals surface area contributed by atoms with Crippen molar-refractivity contribution in [1.29, 1.82) is 0 Å². The summed E-state index contributed by atoms with van der Waals surface area (Å²) in [4.78, 5) is 15.0. The third-order valence-corrected chi connectivity index (χ3v) is 3.12. The first-order valence-corrected chi connectivity index (χ1v) is 6.76. The Labute approximate surface area is 109 Å². The first-order chi connectivity index (χ1) is 8.77. The highest BCUT2D eigenvalue weighted by Gasteiger charge is 2.18. The molecule has 0 unspecified atom stereocenters. The lowest BCUT2D eigenvalue weighted by Crippen LogP contribution is -2.39. The molecule has 0 aromatic rings. The molecule has 2 rings (SSSR count). The molecule has 0 atom stereocenters. The molecule has 2 aliphatic heterocycles. The molecule has 2 aliphatic rings. The lowest BCUT2D eigenvalue weighted by Gasteiger charge is -2.25. The van der Waals surface area contributed by atoms with Gasteiger partial charge in [0.25, 0.3) is 0 Å². The van der Waals surface area contributed by atoms with E-state index >= 15 is 0 Å². The number of ether oxygens (including phenoxy) is 1. The predicted molar refractivity (Wildman–Crippen MR) is 71.2 cm³/mol. The molecular weight excluding hydrogens is 232 g/mol. The highest BCUT2D eigenvalue weighted by Crippen LogP contribution is 2.07. The van der Waals surface area contributed by atoms with Gasteiger partial charge in [0.1, 0.15) is 0 Å². The summed E-state index contributed by atoms with van der Waals surface area (Å²) in [7, 11) is 0. The molecule has 0 aliphatic carbocycles. The zero-order valence-electron chi connectivity index (χ0n) is 11.1. The third-order valence-electron chi connectivity index (χ3n) is 3.12. The number of hydrogen-bond acceptors (Lipinski definition) is 5. The van der Waals surface area contributed by atoms with E-state index in [1.165, 1.54) is 0 Å². The molecule has 2 fully saturated rings. The molecule has 1 amide bonds. The number of morpholine rings is 1. The third kappa shape index (κ3) is 5.77. The van der Waals surface area contributed by atoms with Gasteiger partial charge in [-0.15, -0.1) is 0 Å². The topological polar surface area (TPSA) is 84.8 Å². The lowest BCUT2D eigenvalue weighted by molar-refractivity contribution is -0.127. The standard InChI is InChI=1S/C6H14N2O.C6H12N2O/c7-1-2-8-3-5-9-6-4-8;7-3-5-8-4-1-2-6(8)9/h1-7H2;1-5,7H2. The number of nitrogens with zero attached hydrogens (tertiary/aromatic N) is 2. The van der Waals surface area contributed by atoms with Gasteiger partial charge >= 0.3 is 0 Å². The number of rotatable bonds is 4. The largest absolute Gasteiger partial charge is 0.379 e. The zero-order valence-corrected chi connectivity index (χ0v) is 11.1. The van der Waals surface area contributed by atoms with Crippen LogP contribution in [0.3, 0.4) is 0 Å². The minimum atomic E-state index is 0.264. The van der Waals surface area contributed by atoms with E-state index in [4.69, 9.17) is 16.2 Å². The molecule has 0 aromatic carbocycles. The summed E-state index contributed by atoms with van der Waals surface area (Å²) in [6.45, 7) is 7.87. The highest BCUT2D eigenvalue weighted by molar-refractivity contribution is 5.78. The van der Waals surface area contributed by atoms with E-state index in [0.29, 0.717) is 6.54 Å². The SMILES string of the molecule is NCCN1CCCC1=O.NCCN1CCOCC1. The quantitative estimate of drug-likeness (QED) is 0.665. The summed E-state index contributed by atoms with van der Waals surface area (Å²) < 4.78 is 5.16. The van der Waals surface area contributed by atoms with Gasteiger partial charge in [-0.2, -0.15) is 0 Å². The molecule has 2 heterocycles. The molecule has 18 heavy (non-hydrogen) atoms. The summed E-state index contributed by atoms with van der Waals surface area (Å²) in [6, 6.07) is 0. The first kappa shape index (κ1) is 15.4. The summed E-state index contributed by atoms with van der Waals surface area (Å²) >= 11 is 0. The number of likely N-dealkylation sites (tertiary alicyclic amines) is 1. The Hall–Kier alpha value is -0.690. The van der Waals surface area contributed by atoms with Gasteiger partial charge < -0.3 is 21.1 Å². The van der Waals surface area contributed by atoms with Crippen LogP contribution in [0.15, 0.2) is 0 Å². The molecule has 0 aromatic heterocycles. The minimum absolute atomic E-state index is 0.264. The predicted octanol–water partition coefficient (Wildman–Crippen LogP) is -1.16. The van der Waals surface area contributed by atoms with Crippen molar-refractivity contribution in [3.05, 3.63) is 0 Å². The van der Waals surface area contributed by atoms with Crippen molar-refractivity contribution in [2.24, 2.45) is 11.5 Å². The van der Waals surface area contributed by atoms with Crippen LogP contribution in [0.25, 0.3) is 0 Å². The van der Waals surface area contributed by atoms with Crippen LogP contribution in [-0.2, 0) is 9.53 Å². The average Bonchev–Trinajstić information content (AvgIpc) is 2.78. The van der Waals surface area contributed by atoms with Crippen molar-refractivity contribution >= 4 is 5.91 Å². The smallest absolute Gasteiger partial charge is 0.222 e. The van der Waals surface area contributed by atoms with Crippen LogP contribution < -0.4 is 11.5 Å². The second-order valence-electron chi connectivity index (χ2n) is 4.52. The zero-order chi connectivity index (χ0) is 13.2. The Morgan fingerprint density at radius 3 is 2.22 bits per heavy atom. The van der Waals surface area contributed by atoms with E-state index in [9.17, 15) is 4.79 Å². The van der Waals surface area contributed by atoms with Gasteiger partial charge in [-0.1, -0.05) is 0 Å². The summed E-state index contributed by atoms with van der Waals surface area (Å²) in [5.41, 5.74) is 10.7. The first-order valence-electron chi connectivity index (χ1n) is 6.76. The summed E-state index contributed by atoms with van der Waals surface area (Å²) in [6.07, 6.45) is 1.73. The second kappa shape index (κ2) is 9.27. The van der Waals surface area contributed by atoms with E-state index in [1.54, 1.807) is 0 Å². The van der Waals surface area contributed by atoms with Gasteiger partial charge in [0, 0.05) is 52.2 Å². The number of nitrogens with two attached hydrogens (primary N) is 2. The fraction of sp³-hybridized carbons (Fsp3) is 0.917. The fourth-order valence-electron chi connectivity index (χ4n) is 2.10. The van der Waals surface area contributed by atoms with Gasteiger partial charge in [0.15, 0.2) is 0 Å². The van der Waals surface area contributed by atoms with E-state index in [1.807, 2.05) is 4.90 Å².